The summed E-state index contributed by atoms with van der Waals surface area (Å²) in [6.45, 7) is 3.34. The number of aliphatic hydroxyl groups is 1. The van der Waals surface area contributed by atoms with E-state index < -0.39 is 0 Å². The van der Waals surface area contributed by atoms with Gasteiger partial charge in [-0.3, -0.25) is 9.58 Å². The molecule has 0 saturated carbocycles. The number of nitrogens with zero attached hydrogens (tertiary/aromatic N) is 3. The summed E-state index contributed by atoms with van der Waals surface area (Å²) in [7, 11) is 0. The summed E-state index contributed by atoms with van der Waals surface area (Å²) in [4.78, 5) is 2.36. The number of halogens is 1. The molecule has 0 amide bonds. The molecule has 1 fully saturated rings. The molecule has 124 valence electrons. The molecule has 5 nitrogen and oxygen atoms in total. The molecule has 2 heterocycles. The van der Waals surface area contributed by atoms with Crippen molar-refractivity contribution in [1.82, 2.24) is 14.7 Å². The van der Waals surface area contributed by atoms with Gasteiger partial charge in [0.1, 0.15) is 5.75 Å². The van der Waals surface area contributed by atoms with Gasteiger partial charge in [0.05, 0.1) is 23.9 Å². The second-order valence-electron chi connectivity index (χ2n) is 6.05. The highest BCUT2D eigenvalue weighted by atomic mass is 35.5. The zero-order valence-electron chi connectivity index (χ0n) is 13.0. The molecule has 1 saturated heterocycles. The van der Waals surface area contributed by atoms with Gasteiger partial charge in [0, 0.05) is 25.2 Å². The number of piperidine rings is 1. The van der Waals surface area contributed by atoms with E-state index in [1.165, 1.54) is 0 Å². The first-order valence-electron chi connectivity index (χ1n) is 8.00. The Hall–Kier alpha value is -1.56. The first-order chi connectivity index (χ1) is 11.2. The number of hydrogen-bond donors (Lipinski definition) is 2. The third kappa shape index (κ3) is 3.86. The van der Waals surface area contributed by atoms with Crippen LogP contribution in [0.25, 0.3) is 0 Å². The number of likely N-dealkylation sites (tertiary alicyclic amines) is 1. The number of hydrogen-bond acceptors (Lipinski definition) is 4. The highest BCUT2D eigenvalue weighted by molar-refractivity contribution is 6.32. The van der Waals surface area contributed by atoms with Gasteiger partial charge in [-0.1, -0.05) is 23.7 Å². The summed E-state index contributed by atoms with van der Waals surface area (Å²) in [6, 6.07) is 7.44. The predicted molar refractivity (Wildman–Crippen MR) is 89.7 cm³/mol. The number of phenols is 1. The Morgan fingerprint density at radius 1 is 1.30 bits per heavy atom. The minimum atomic E-state index is 0.105. The maximum Gasteiger partial charge on any atom is 0.134 e. The van der Waals surface area contributed by atoms with Crippen LogP contribution in [-0.4, -0.2) is 44.6 Å². The molecule has 1 aromatic carbocycles. The van der Waals surface area contributed by atoms with Crippen LogP contribution in [0, 0.1) is 0 Å². The minimum absolute atomic E-state index is 0.105. The Bertz CT molecular complexity index is 659. The average molecular weight is 336 g/mol. The van der Waals surface area contributed by atoms with Crippen molar-refractivity contribution in [1.29, 1.82) is 0 Å². The van der Waals surface area contributed by atoms with Gasteiger partial charge in [-0.25, -0.2) is 0 Å². The lowest BCUT2D eigenvalue weighted by Gasteiger charge is -2.32. The van der Waals surface area contributed by atoms with E-state index in [9.17, 15) is 5.11 Å². The standard InChI is InChI=1S/C17H22ClN3O2/c18-17-14(3-1-5-16(17)23)12-20-7-2-4-13(11-20)15-6-8-21(19-15)9-10-22/h1,3,5-6,8,13,22-23H,2,4,7,9-12H2/t13-/m1/s1. The van der Waals surface area contributed by atoms with Crippen LogP contribution in [0.4, 0.5) is 0 Å². The number of aromatic nitrogens is 2. The molecule has 2 N–H and O–H groups in total. The molecular formula is C17H22ClN3O2. The van der Waals surface area contributed by atoms with Crippen molar-refractivity contribution >= 4 is 11.6 Å². The fourth-order valence-corrected chi connectivity index (χ4v) is 3.38. The van der Waals surface area contributed by atoms with Crippen molar-refractivity contribution in [3.8, 4) is 5.75 Å². The van der Waals surface area contributed by atoms with Crippen LogP contribution < -0.4 is 0 Å². The van der Waals surface area contributed by atoms with Crippen molar-refractivity contribution < 1.29 is 10.2 Å². The maximum atomic E-state index is 9.73. The molecule has 0 bridgehead atoms. The van der Waals surface area contributed by atoms with Gasteiger partial charge < -0.3 is 10.2 Å². The maximum absolute atomic E-state index is 9.73. The van der Waals surface area contributed by atoms with E-state index in [1.807, 2.05) is 24.4 Å². The first kappa shape index (κ1) is 16.3. The van der Waals surface area contributed by atoms with Gasteiger partial charge in [0.25, 0.3) is 0 Å². The first-order valence-corrected chi connectivity index (χ1v) is 8.38. The van der Waals surface area contributed by atoms with E-state index in [0.29, 0.717) is 17.5 Å². The Balaban J connectivity index is 1.67. The normalized spacial score (nSPS) is 19.1. The van der Waals surface area contributed by atoms with E-state index in [4.69, 9.17) is 16.7 Å². The lowest BCUT2D eigenvalue weighted by molar-refractivity contribution is 0.197. The van der Waals surface area contributed by atoms with Gasteiger partial charge in [0.2, 0.25) is 0 Å². The fraction of sp³-hybridized carbons (Fsp3) is 0.471. The van der Waals surface area contributed by atoms with Crippen LogP contribution in [0.3, 0.4) is 0 Å². The van der Waals surface area contributed by atoms with Crippen molar-refractivity contribution in [2.24, 2.45) is 0 Å². The number of benzene rings is 1. The second kappa shape index (κ2) is 7.34. The Labute approximate surface area is 141 Å². The van der Waals surface area contributed by atoms with E-state index >= 15 is 0 Å². The number of aliphatic hydroxyl groups excluding tert-OH is 1. The van der Waals surface area contributed by atoms with Crippen LogP contribution >= 0.6 is 11.6 Å². The summed E-state index contributed by atoms with van der Waals surface area (Å²) in [5.74, 6) is 0.542. The molecule has 0 radical (unpaired) electrons. The smallest absolute Gasteiger partial charge is 0.134 e. The molecule has 6 heteroatoms. The number of aromatic hydroxyl groups is 1. The van der Waals surface area contributed by atoms with Crippen molar-refractivity contribution in [2.45, 2.75) is 31.8 Å². The lowest BCUT2D eigenvalue weighted by Crippen LogP contribution is -2.34. The number of rotatable bonds is 5. The van der Waals surface area contributed by atoms with Gasteiger partial charge in [-0.05, 0) is 37.1 Å². The molecule has 3 rings (SSSR count). The zero-order valence-corrected chi connectivity index (χ0v) is 13.8. The van der Waals surface area contributed by atoms with Gasteiger partial charge in [-0.15, -0.1) is 0 Å². The molecule has 0 spiro atoms. The SMILES string of the molecule is OCCn1ccc([C@@H]2CCCN(Cc3cccc(O)c3Cl)C2)n1. The number of phenolic OH excluding ortho intramolecular Hbond substituents is 1. The topological polar surface area (TPSA) is 61.5 Å². The van der Waals surface area contributed by atoms with Gasteiger partial charge in [0.15, 0.2) is 0 Å². The second-order valence-corrected chi connectivity index (χ2v) is 6.43. The van der Waals surface area contributed by atoms with E-state index in [1.54, 1.807) is 10.7 Å². The molecule has 1 atom stereocenters. The Kier molecular flexibility index (Phi) is 5.20. The zero-order chi connectivity index (χ0) is 16.2. The summed E-state index contributed by atoms with van der Waals surface area (Å²) < 4.78 is 1.79. The van der Waals surface area contributed by atoms with Crippen LogP contribution in [0.1, 0.15) is 30.0 Å². The quantitative estimate of drug-likeness (QED) is 0.881. The third-order valence-electron chi connectivity index (χ3n) is 4.37. The van der Waals surface area contributed by atoms with Crippen molar-refractivity contribution in [2.75, 3.05) is 19.7 Å². The summed E-state index contributed by atoms with van der Waals surface area (Å²) in [5.41, 5.74) is 2.04. The average Bonchev–Trinajstić information content (AvgIpc) is 3.01. The summed E-state index contributed by atoms with van der Waals surface area (Å²) in [6.07, 6.45) is 4.17. The van der Waals surface area contributed by atoms with E-state index in [0.717, 1.165) is 43.7 Å². The van der Waals surface area contributed by atoms with Crippen LogP contribution in [-0.2, 0) is 13.1 Å². The summed E-state index contributed by atoms with van der Waals surface area (Å²) >= 11 is 6.19. The lowest BCUT2D eigenvalue weighted by atomic mass is 9.94. The van der Waals surface area contributed by atoms with E-state index in [2.05, 4.69) is 10.00 Å². The van der Waals surface area contributed by atoms with Crippen LogP contribution in [0.15, 0.2) is 30.5 Å². The largest absolute Gasteiger partial charge is 0.506 e. The minimum Gasteiger partial charge on any atom is -0.506 e. The molecule has 1 aliphatic heterocycles. The van der Waals surface area contributed by atoms with Gasteiger partial charge >= 0.3 is 0 Å². The van der Waals surface area contributed by atoms with E-state index in [-0.39, 0.29) is 12.4 Å². The third-order valence-corrected chi connectivity index (χ3v) is 4.80. The monoisotopic (exact) mass is 335 g/mol. The molecule has 0 aliphatic carbocycles. The Morgan fingerprint density at radius 2 is 2.17 bits per heavy atom. The highest BCUT2D eigenvalue weighted by Gasteiger charge is 2.23. The van der Waals surface area contributed by atoms with Crippen molar-refractivity contribution in [3.05, 3.63) is 46.7 Å². The van der Waals surface area contributed by atoms with Gasteiger partial charge in [-0.2, -0.15) is 5.10 Å². The van der Waals surface area contributed by atoms with Crippen LogP contribution in [0.2, 0.25) is 5.02 Å². The molecule has 1 aromatic heterocycles. The van der Waals surface area contributed by atoms with Crippen LogP contribution in [0.5, 0.6) is 5.75 Å². The molecule has 2 aromatic rings. The Morgan fingerprint density at radius 3 is 3.00 bits per heavy atom. The molecule has 23 heavy (non-hydrogen) atoms. The highest BCUT2D eigenvalue weighted by Crippen LogP contribution is 2.30. The summed E-state index contributed by atoms with van der Waals surface area (Å²) in [5, 5.41) is 23.7. The van der Waals surface area contributed by atoms with Crippen molar-refractivity contribution in [3.63, 3.8) is 0 Å². The molecular weight excluding hydrogens is 314 g/mol. The molecule has 1 aliphatic rings. The molecule has 0 unspecified atom stereocenters. The predicted octanol–water partition coefficient (Wildman–Crippen LogP) is 2.61. The fourth-order valence-electron chi connectivity index (χ4n) is 3.19.